The maximum atomic E-state index is 11.3. The summed E-state index contributed by atoms with van der Waals surface area (Å²) in [6.45, 7) is 3.93. The molecule has 6 heteroatoms. The Hall–Kier alpha value is -0.420. The number of carbonyl (C=O) groups excluding carboxylic acids is 1. The SMILES string of the molecule is CC(C)NC(CSc1cc(Cl)ccc1Cl)C(N)=O. The molecule has 1 atom stereocenters. The first kappa shape index (κ1) is 15.6. The average molecular weight is 307 g/mol. The van der Waals surface area contributed by atoms with Gasteiger partial charge in [-0.2, -0.15) is 0 Å². The predicted molar refractivity (Wildman–Crippen MR) is 78.4 cm³/mol. The van der Waals surface area contributed by atoms with E-state index in [4.69, 9.17) is 28.9 Å². The molecule has 100 valence electrons. The van der Waals surface area contributed by atoms with Gasteiger partial charge in [-0.15, -0.1) is 11.8 Å². The third-order valence-electron chi connectivity index (χ3n) is 2.18. The first-order chi connectivity index (χ1) is 8.40. The van der Waals surface area contributed by atoms with Crippen molar-refractivity contribution in [1.82, 2.24) is 5.32 Å². The van der Waals surface area contributed by atoms with Crippen LogP contribution in [0, 0.1) is 0 Å². The fourth-order valence-corrected chi connectivity index (χ4v) is 2.92. The fraction of sp³-hybridized carbons (Fsp3) is 0.417. The van der Waals surface area contributed by atoms with Crippen LogP contribution < -0.4 is 11.1 Å². The molecular formula is C12H16Cl2N2OS. The van der Waals surface area contributed by atoms with Crippen LogP contribution >= 0.6 is 35.0 Å². The van der Waals surface area contributed by atoms with Crippen molar-refractivity contribution < 1.29 is 4.79 Å². The lowest BCUT2D eigenvalue weighted by Gasteiger charge is -2.18. The lowest BCUT2D eigenvalue weighted by Crippen LogP contribution is -2.46. The third kappa shape index (κ3) is 5.06. The van der Waals surface area contributed by atoms with E-state index in [0.29, 0.717) is 15.8 Å². The Balaban J connectivity index is 2.66. The molecule has 0 aliphatic carbocycles. The summed E-state index contributed by atoms with van der Waals surface area (Å²) in [5, 5.41) is 4.35. The molecule has 1 aromatic rings. The molecule has 18 heavy (non-hydrogen) atoms. The summed E-state index contributed by atoms with van der Waals surface area (Å²) in [5.74, 6) is 0.155. The number of carbonyl (C=O) groups is 1. The zero-order chi connectivity index (χ0) is 13.7. The van der Waals surface area contributed by atoms with E-state index in [1.807, 2.05) is 13.8 Å². The lowest BCUT2D eigenvalue weighted by molar-refractivity contribution is -0.119. The van der Waals surface area contributed by atoms with Gasteiger partial charge in [0.2, 0.25) is 5.91 Å². The Morgan fingerprint density at radius 3 is 2.67 bits per heavy atom. The zero-order valence-electron chi connectivity index (χ0n) is 10.2. The number of benzene rings is 1. The Morgan fingerprint density at radius 1 is 1.44 bits per heavy atom. The van der Waals surface area contributed by atoms with Gasteiger partial charge in [0, 0.05) is 21.7 Å². The molecule has 1 rings (SSSR count). The monoisotopic (exact) mass is 306 g/mol. The standard InChI is InChI=1S/C12H16Cl2N2OS/c1-7(2)16-10(12(15)17)6-18-11-5-8(13)3-4-9(11)14/h3-5,7,10,16H,6H2,1-2H3,(H2,15,17). The predicted octanol–water partition coefficient (Wildman–Crippen LogP) is 2.94. The highest BCUT2D eigenvalue weighted by molar-refractivity contribution is 7.99. The quantitative estimate of drug-likeness (QED) is 0.795. The van der Waals surface area contributed by atoms with E-state index in [-0.39, 0.29) is 18.0 Å². The summed E-state index contributed by atoms with van der Waals surface area (Å²) < 4.78 is 0. The van der Waals surface area contributed by atoms with Crippen molar-refractivity contribution in [2.45, 2.75) is 30.8 Å². The Bertz CT molecular complexity index is 427. The van der Waals surface area contributed by atoms with Gasteiger partial charge in [0.05, 0.1) is 11.1 Å². The number of primary amides is 1. The van der Waals surface area contributed by atoms with Crippen LogP contribution in [0.5, 0.6) is 0 Å². The summed E-state index contributed by atoms with van der Waals surface area (Å²) in [6, 6.07) is 5.05. The van der Waals surface area contributed by atoms with E-state index in [0.717, 1.165) is 4.90 Å². The van der Waals surface area contributed by atoms with E-state index >= 15 is 0 Å². The number of thioether (sulfide) groups is 1. The van der Waals surface area contributed by atoms with Gasteiger partial charge >= 0.3 is 0 Å². The topological polar surface area (TPSA) is 55.1 Å². The van der Waals surface area contributed by atoms with Crippen LogP contribution in [0.3, 0.4) is 0 Å². The van der Waals surface area contributed by atoms with Crippen molar-refractivity contribution in [2.24, 2.45) is 5.73 Å². The first-order valence-corrected chi connectivity index (χ1v) is 7.27. The van der Waals surface area contributed by atoms with Crippen molar-refractivity contribution in [3.63, 3.8) is 0 Å². The van der Waals surface area contributed by atoms with Gasteiger partial charge < -0.3 is 11.1 Å². The van der Waals surface area contributed by atoms with E-state index in [2.05, 4.69) is 5.32 Å². The van der Waals surface area contributed by atoms with Crippen molar-refractivity contribution in [2.75, 3.05) is 5.75 Å². The number of nitrogens with two attached hydrogens (primary N) is 1. The van der Waals surface area contributed by atoms with Crippen molar-refractivity contribution in [3.05, 3.63) is 28.2 Å². The Morgan fingerprint density at radius 2 is 2.11 bits per heavy atom. The van der Waals surface area contributed by atoms with E-state index in [9.17, 15) is 4.79 Å². The molecule has 1 unspecified atom stereocenters. The maximum Gasteiger partial charge on any atom is 0.235 e. The summed E-state index contributed by atoms with van der Waals surface area (Å²) >= 11 is 13.4. The Kier molecular flexibility index (Phi) is 6.29. The van der Waals surface area contributed by atoms with E-state index < -0.39 is 0 Å². The van der Waals surface area contributed by atoms with Gasteiger partial charge in [0.15, 0.2) is 0 Å². The molecule has 0 aromatic heterocycles. The Labute approximate surface area is 121 Å². The summed E-state index contributed by atoms with van der Waals surface area (Å²) in [6.07, 6.45) is 0. The minimum Gasteiger partial charge on any atom is -0.368 e. The minimum absolute atomic E-state index is 0.193. The molecule has 0 bridgehead atoms. The molecular weight excluding hydrogens is 291 g/mol. The molecule has 1 aromatic carbocycles. The van der Waals surface area contributed by atoms with Crippen LogP contribution in [-0.4, -0.2) is 23.7 Å². The van der Waals surface area contributed by atoms with Crippen LogP contribution in [0.1, 0.15) is 13.8 Å². The second-order valence-electron chi connectivity index (χ2n) is 4.16. The number of nitrogens with one attached hydrogen (secondary N) is 1. The van der Waals surface area contributed by atoms with Crippen molar-refractivity contribution >= 4 is 40.9 Å². The van der Waals surface area contributed by atoms with Crippen LogP contribution in [0.25, 0.3) is 0 Å². The number of hydrogen-bond acceptors (Lipinski definition) is 3. The van der Waals surface area contributed by atoms with Crippen LogP contribution in [0.4, 0.5) is 0 Å². The average Bonchev–Trinajstić information content (AvgIpc) is 2.27. The van der Waals surface area contributed by atoms with Crippen LogP contribution in [0.15, 0.2) is 23.1 Å². The van der Waals surface area contributed by atoms with Crippen molar-refractivity contribution in [3.8, 4) is 0 Å². The van der Waals surface area contributed by atoms with Gasteiger partial charge in [-0.05, 0) is 18.2 Å². The zero-order valence-corrected chi connectivity index (χ0v) is 12.6. The van der Waals surface area contributed by atoms with Crippen LogP contribution in [-0.2, 0) is 4.79 Å². The number of hydrogen-bond donors (Lipinski definition) is 2. The molecule has 0 fully saturated rings. The van der Waals surface area contributed by atoms with E-state index in [1.54, 1.807) is 18.2 Å². The highest BCUT2D eigenvalue weighted by Crippen LogP contribution is 2.30. The second kappa shape index (κ2) is 7.24. The molecule has 0 aliphatic heterocycles. The molecule has 3 nitrogen and oxygen atoms in total. The molecule has 0 spiro atoms. The van der Waals surface area contributed by atoms with Gasteiger partial charge in [-0.1, -0.05) is 37.0 Å². The molecule has 0 saturated carbocycles. The summed E-state index contributed by atoms with van der Waals surface area (Å²) in [5.41, 5.74) is 5.34. The molecule has 0 saturated heterocycles. The second-order valence-corrected chi connectivity index (χ2v) is 6.07. The van der Waals surface area contributed by atoms with Gasteiger partial charge in [0.25, 0.3) is 0 Å². The van der Waals surface area contributed by atoms with Crippen molar-refractivity contribution in [1.29, 1.82) is 0 Å². The van der Waals surface area contributed by atoms with Gasteiger partial charge in [-0.3, -0.25) is 4.79 Å². The van der Waals surface area contributed by atoms with Gasteiger partial charge in [-0.25, -0.2) is 0 Å². The van der Waals surface area contributed by atoms with Crippen LogP contribution in [0.2, 0.25) is 10.0 Å². The summed E-state index contributed by atoms with van der Waals surface area (Å²) in [7, 11) is 0. The van der Waals surface area contributed by atoms with E-state index in [1.165, 1.54) is 11.8 Å². The minimum atomic E-state index is -0.384. The number of halogens is 2. The smallest absolute Gasteiger partial charge is 0.235 e. The molecule has 1 amide bonds. The van der Waals surface area contributed by atoms with Gasteiger partial charge in [0.1, 0.15) is 0 Å². The molecule has 3 N–H and O–H groups in total. The number of amides is 1. The lowest BCUT2D eigenvalue weighted by atomic mass is 10.3. The molecule has 0 aliphatic rings. The normalized spacial score (nSPS) is 12.7. The highest BCUT2D eigenvalue weighted by atomic mass is 35.5. The maximum absolute atomic E-state index is 11.3. The fourth-order valence-electron chi connectivity index (χ4n) is 1.38. The summed E-state index contributed by atoms with van der Waals surface area (Å²) in [4.78, 5) is 12.1. The molecule has 0 radical (unpaired) electrons. The molecule has 0 heterocycles. The number of rotatable bonds is 6. The largest absolute Gasteiger partial charge is 0.368 e. The first-order valence-electron chi connectivity index (χ1n) is 5.53. The highest BCUT2D eigenvalue weighted by Gasteiger charge is 2.17. The third-order valence-corrected chi connectivity index (χ3v) is 4.00.